The van der Waals surface area contributed by atoms with Crippen LogP contribution in [0.3, 0.4) is 0 Å². The van der Waals surface area contributed by atoms with E-state index in [1.807, 2.05) is 0 Å². The topological polar surface area (TPSA) is 36.4 Å². The van der Waals surface area contributed by atoms with E-state index in [0.717, 1.165) is 54.7 Å². The molecule has 1 aromatic heterocycles. The van der Waals surface area contributed by atoms with Gasteiger partial charge < -0.3 is 9.80 Å². The molecule has 0 amide bonds. The van der Waals surface area contributed by atoms with Gasteiger partial charge in [0, 0.05) is 33.1 Å². The van der Waals surface area contributed by atoms with Crippen LogP contribution in [0.15, 0.2) is 0 Å². The first kappa shape index (κ1) is 13.5. The number of Topliss-reactive ketones (excluding diaryl/α,β-unsaturated/α-hetero) is 1. The molecule has 1 aliphatic heterocycles. The Balaban J connectivity index is 2.18. The third kappa shape index (κ3) is 2.90. The van der Waals surface area contributed by atoms with E-state index in [-0.39, 0.29) is 5.78 Å². The van der Waals surface area contributed by atoms with Gasteiger partial charge in [0.1, 0.15) is 0 Å². The number of aryl methyl sites for hydroxylation is 1. The molecule has 0 spiro atoms. The fraction of sp³-hybridized carbons (Fsp3) is 0.692. The van der Waals surface area contributed by atoms with Crippen LogP contribution in [-0.2, 0) is 6.42 Å². The zero-order valence-corrected chi connectivity index (χ0v) is 12.2. The fourth-order valence-corrected chi connectivity index (χ4v) is 3.21. The van der Waals surface area contributed by atoms with Gasteiger partial charge in [-0.2, -0.15) is 0 Å². The Bertz CT molecular complexity index is 422. The Labute approximate surface area is 113 Å². The lowest BCUT2D eigenvalue weighted by molar-refractivity contribution is 0.102. The SMILES string of the molecule is CCCc1nc(N2CCN(C)CC2)sc1C(C)=O. The summed E-state index contributed by atoms with van der Waals surface area (Å²) in [5.74, 6) is 0.149. The summed E-state index contributed by atoms with van der Waals surface area (Å²) in [6, 6.07) is 0. The largest absolute Gasteiger partial charge is 0.346 e. The number of likely N-dealkylation sites (N-methyl/N-ethyl adjacent to an activating group) is 1. The monoisotopic (exact) mass is 267 g/mol. The van der Waals surface area contributed by atoms with Crippen LogP contribution in [-0.4, -0.2) is 48.9 Å². The van der Waals surface area contributed by atoms with Crippen LogP contribution in [0.5, 0.6) is 0 Å². The molecule has 1 aliphatic rings. The fourth-order valence-electron chi connectivity index (χ4n) is 2.15. The minimum Gasteiger partial charge on any atom is -0.346 e. The summed E-state index contributed by atoms with van der Waals surface area (Å²) in [7, 11) is 2.14. The van der Waals surface area contributed by atoms with Crippen molar-refractivity contribution < 1.29 is 4.79 Å². The lowest BCUT2D eigenvalue weighted by atomic mass is 10.2. The number of anilines is 1. The maximum absolute atomic E-state index is 11.6. The van der Waals surface area contributed by atoms with E-state index in [4.69, 9.17) is 0 Å². The molecule has 0 radical (unpaired) electrons. The molecule has 0 N–H and O–H groups in total. The molecular weight excluding hydrogens is 246 g/mol. The maximum atomic E-state index is 11.6. The summed E-state index contributed by atoms with van der Waals surface area (Å²) in [5.41, 5.74) is 0.990. The number of hydrogen-bond donors (Lipinski definition) is 0. The summed E-state index contributed by atoms with van der Waals surface area (Å²) < 4.78 is 0. The Morgan fingerprint density at radius 2 is 2.00 bits per heavy atom. The van der Waals surface area contributed by atoms with Gasteiger partial charge >= 0.3 is 0 Å². The molecule has 0 unspecified atom stereocenters. The van der Waals surface area contributed by atoms with Gasteiger partial charge in [-0.25, -0.2) is 4.98 Å². The Hall–Kier alpha value is -0.940. The van der Waals surface area contributed by atoms with Crippen molar-refractivity contribution in [3.63, 3.8) is 0 Å². The number of nitrogens with zero attached hydrogens (tertiary/aromatic N) is 3. The molecule has 2 rings (SSSR count). The molecule has 1 fully saturated rings. The Morgan fingerprint density at radius 1 is 1.33 bits per heavy atom. The molecule has 0 bridgehead atoms. The van der Waals surface area contributed by atoms with Crippen molar-refractivity contribution in [3.8, 4) is 0 Å². The van der Waals surface area contributed by atoms with Crippen LogP contribution in [0.2, 0.25) is 0 Å². The highest BCUT2D eigenvalue weighted by atomic mass is 32.1. The average molecular weight is 267 g/mol. The molecule has 2 heterocycles. The first-order valence-corrected chi connectivity index (χ1v) is 7.37. The maximum Gasteiger partial charge on any atom is 0.186 e. The van der Waals surface area contributed by atoms with E-state index in [2.05, 4.69) is 28.8 Å². The van der Waals surface area contributed by atoms with Gasteiger partial charge in [-0.1, -0.05) is 24.7 Å². The van der Waals surface area contributed by atoms with Crippen molar-refractivity contribution >= 4 is 22.3 Å². The zero-order chi connectivity index (χ0) is 13.1. The minimum atomic E-state index is 0.149. The average Bonchev–Trinajstić information content (AvgIpc) is 2.75. The number of ketones is 1. The quantitative estimate of drug-likeness (QED) is 0.782. The van der Waals surface area contributed by atoms with Gasteiger partial charge in [0.05, 0.1) is 10.6 Å². The van der Waals surface area contributed by atoms with Gasteiger partial charge in [-0.3, -0.25) is 4.79 Å². The van der Waals surface area contributed by atoms with Crippen LogP contribution in [0.25, 0.3) is 0 Å². The Morgan fingerprint density at radius 3 is 2.56 bits per heavy atom. The summed E-state index contributed by atoms with van der Waals surface area (Å²) in [6.07, 6.45) is 1.94. The molecular formula is C13H21N3OS. The third-order valence-electron chi connectivity index (χ3n) is 3.27. The number of aromatic nitrogens is 1. The van der Waals surface area contributed by atoms with Gasteiger partial charge in [-0.15, -0.1) is 0 Å². The lowest BCUT2D eigenvalue weighted by Gasteiger charge is -2.32. The molecule has 4 nitrogen and oxygen atoms in total. The predicted octanol–water partition coefficient (Wildman–Crippen LogP) is 2.05. The van der Waals surface area contributed by atoms with E-state index in [0.29, 0.717) is 0 Å². The second-order valence-electron chi connectivity index (χ2n) is 4.87. The van der Waals surface area contributed by atoms with E-state index in [9.17, 15) is 4.79 Å². The molecule has 1 aromatic rings. The zero-order valence-electron chi connectivity index (χ0n) is 11.4. The van der Waals surface area contributed by atoms with Crippen molar-refractivity contribution in [2.45, 2.75) is 26.7 Å². The van der Waals surface area contributed by atoms with Crippen LogP contribution >= 0.6 is 11.3 Å². The van der Waals surface area contributed by atoms with E-state index < -0.39 is 0 Å². The highest BCUT2D eigenvalue weighted by Gasteiger charge is 2.21. The van der Waals surface area contributed by atoms with Crippen LogP contribution in [0.1, 0.15) is 35.6 Å². The smallest absolute Gasteiger partial charge is 0.186 e. The number of carbonyl (C=O) groups excluding carboxylic acids is 1. The molecule has 1 saturated heterocycles. The molecule has 0 atom stereocenters. The van der Waals surface area contributed by atoms with Gasteiger partial charge in [0.15, 0.2) is 10.9 Å². The van der Waals surface area contributed by atoms with Gasteiger partial charge in [0.2, 0.25) is 0 Å². The normalized spacial score (nSPS) is 17.2. The number of carbonyl (C=O) groups is 1. The van der Waals surface area contributed by atoms with Crippen LogP contribution < -0.4 is 4.90 Å². The van der Waals surface area contributed by atoms with Crippen molar-refractivity contribution in [2.75, 3.05) is 38.1 Å². The number of rotatable bonds is 4. The summed E-state index contributed by atoms with van der Waals surface area (Å²) in [6.45, 7) is 7.91. The highest BCUT2D eigenvalue weighted by Crippen LogP contribution is 2.28. The predicted molar refractivity (Wildman–Crippen MR) is 75.8 cm³/mol. The molecule has 5 heteroatoms. The van der Waals surface area contributed by atoms with Gasteiger partial charge in [-0.05, 0) is 13.5 Å². The molecule has 0 aromatic carbocycles. The third-order valence-corrected chi connectivity index (χ3v) is 4.53. The highest BCUT2D eigenvalue weighted by molar-refractivity contribution is 7.17. The first-order chi connectivity index (χ1) is 8.61. The lowest BCUT2D eigenvalue weighted by Crippen LogP contribution is -2.44. The molecule has 0 saturated carbocycles. The standard InChI is InChI=1S/C13H21N3OS/c1-4-5-11-12(10(2)17)18-13(14-11)16-8-6-15(3)7-9-16/h4-9H2,1-3H3. The van der Waals surface area contributed by atoms with E-state index in [1.54, 1.807) is 18.3 Å². The summed E-state index contributed by atoms with van der Waals surface area (Å²) in [5, 5.41) is 1.02. The number of thiazole rings is 1. The van der Waals surface area contributed by atoms with Gasteiger partial charge in [0.25, 0.3) is 0 Å². The number of hydrogen-bond acceptors (Lipinski definition) is 5. The summed E-state index contributed by atoms with van der Waals surface area (Å²) in [4.78, 5) is 21.8. The molecule has 18 heavy (non-hydrogen) atoms. The number of piperazine rings is 1. The molecule has 100 valence electrons. The molecule has 0 aliphatic carbocycles. The minimum absolute atomic E-state index is 0.149. The second-order valence-corrected chi connectivity index (χ2v) is 5.85. The van der Waals surface area contributed by atoms with Crippen LogP contribution in [0, 0.1) is 0 Å². The van der Waals surface area contributed by atoms with Crippen molar-refractivity contribution in [1.82, 2.24) is 9.88 Å². The second kappa shape index (κ2) is 5.80. The van der Waals surface area contributed by atoms with Crippen molar-refractivity contribution in [3.05, 3.63) is 10.6 Å². The van der Waals surface area contributed by atoms with Crippen molar-refractivity contribution in [1.29, 1.82) is 0 Å². The summed E-state index contributed by atoms with van der Waals surface area (Å²) >= 11 is 1.56. The van der Waals surface area contributed by atoms with E-state index in [1.165, 1.54) is 0 Å². The van der Waals surface area contributed by atoms with Crippen LogP contribution in [0.4, 0.5) is 5.13 Å². The Kier molecular flexibility index (Phi) is 4.35. The van der Waals surface area contributed by atoms with E-state index >= 15 is 0 Å². The first-order valence-electron chi connectivity index (χ1n) is 6.56. The van der Waals surface area contributed by atoms with Crippen molar-refractivity contribution in [2.24, 2.45) is 0 Å².